The maximum atomic E-state index is 13.0. The van der Waals surface area contributed by atoms with Crippen LogP contribution in [0.25, 0.3) is 22.4 Å². The molecule has 5 N–H and O–H groups in total. The maximum Gasteiger partial charge on any atom is 0.274 e. The molecule has 0 aliphatic carbocycles. The predicted octanol–water partition coefficient (Wildman–Crippen LogP) is 4.83. The molecule has 0 radical (unpaired) electrons. The van der Waals surface area contributed by atoms with Gasteiger partial charge in [0, 0.05) is 73.3 Å². The topological polar surface area (TPSA) is 138 Å². The Morgan fingerprint density at radius 2 is 1.89 bits per heavy atom. The first-order chi connectivity index (χ1) is 21.9. The van der Waals surface area contributed by atoms with Crippen molar-refractivity contribution >= 4 is 40.7 Å². The first kappa shape index (κ1) is 32.3. The molecule has 1 aliphatic rings. The number of aromatic nitrogens is 2. The number of methoxy groups -OCH3 is 1. The number of hydrogen-bond acceptors (Lipinski definition) is 8. The Morgan fingerprint density at radius 3 is 2.62 bits per heavy atom. The molecule has 0 saturated carbocycles. The molecule has 1 atom stereocenters. The van der Waals surface area contributed by atoms with Crippen molar-refractivity contribution in [2.75, 3.05) is 32.1 Å². The number of anilines is 1. The number of aliphatic hydroxyl groups excluding tert-OH is 1. The number of aliphatic hydroxyl groups is 1. The van der Waals surface area contributed by atoms with Gasteiger partial charge in [-0.05, 0) is 36.2 Å². The fraction of sp³-hybridized carbons (Fsp3) is 0.273. The molecule has 5 rings (SSSR count). The van der Waals surface area contributed by atoms with Gasteiger partial charge in [0.25, 0.3) is 5.91 Å². The zero-order valence-corrected chi connectivity index (χ0v) is 26.2. The second kappa shape index (κ2) is 15.3. The Labute approximate surface area is 271 Å². The van der Waals surface area contributed by atoms with Crippen LogP contribution >= 0.6 is 23.2 Å². The molecule has 4 aromatic rings. The van der Waals surface area contributed by atoms with Gasteiger partial charge in [-0.25, -0.2) is 0 Å². The van der Waals surface area contributed by atoms with E-state index in [0.717, 1.165) is 23.1 Å². The number of carbonyl (C=O) groups excluding carboxylic acids is 2. The van der Waals surface area contributed by atoms with Gasteiger partial charge in [-0.1, -0.05) is 53.5 Å². The first-order valence-electron chi connectivity index (χ1n) is 14.6. The largest absolute Gasteiger partial charge is 0.496 e. The van der Waals surface area contributed by atoms with Crippen molar-refractivity contribution in [3.05, 3.63) is 93.9 Å². The summed E-state index contributed by atoms with van der Waals surface area (Å²) in [5, 5.41) is 21.9. The SMILES string of the molecule is COc1cc(-c2nccc(-c3cccc(NC(=O)c4ccc(CNCCO)cn4)c3Cl)c2Cl)ccc1CNC[C@@H]1CCC(=O)N1. The number of ether oxygens (including phenoxy) is 1. The molecule has 1 saturated heterocycles. The summed E-state index contributed by atoms with van der Waals surface area (Å²) in [5.74, 6) is 0.376. The number of carbonyl (C=O) groups is 2. The van der Waals surface area contributed by atoms with Crippen LogP contribution in [-0.4, -0.2) is 59.7 Å². The lowest BCUT2D eigenvalue weighted by molar-refractivity contribution is -0.119. The number of nitrogens with one attached hydrogen (secondary N) is 4. The van der Waals surface area contributed by atoms with E-state index in [9.17, 15) is 9.59 Å². The summed E-state index contributed by atoms with van der Waals surface area (Å²) >= 11 is 13.8. The molecule has 2 aromatic heterocycles. The van der Waals surface area contributed by atoms with Crippen LogP contribution in [0.3, 0.4) is 0 Å². The minimum atomic E-state index is -0.403. The van der Waals surface area contributed by atoms with Crippen LogP contribution in [0.1, 0.15) is 34.5 Å². The number of amides is 2. The van der Waals surface area contributed by atoms with E-state index >= 15 is 0 Å². The summed E-state index contributed by atoms with van der Waals surface area (Å²) in [7, 11) is 1.62. The summed E-state index contributed by atoms with van der Waals surface area (Å²) in [6, 6.07) is 16.5. The van der Waals surface area contributed by atoms with Crippen LogP contribution in [0.4, 0.5) is 5.69 Å². The minimum Gasteiger partial charge on any atom is -0.496 e. The third-order valence-corrected chi connectivity index (χ3v) is 8.24. The summed E-state index contributed by atoms with van der Waals surface area (Å²) in [6.45, 7) is 2.31. The van der Waals surface area contributed by atoms with E-state index in [2.05, 4.69) is 31.2 Å². The number of benzene rings is 2. The second-order valence-corrected chi connectivity index (χ2v) is 11.3. The van der Waals surface area contributed by atoms with Gasteiger partial charge < -0.3 is 31.1 Å². The molecule has 234 valence electrons. The molecule has 2 aromatic carbocycles. The molecule has 3 heterocycles. The molecule has 0 spiro atoms. The predicted molar refractivity (Wildman–Crippen MR) is 176 cm³/mol. The van der Waals surface area contributed by atoms with Crippen molar-refractivity contribution in [2.45, 2.75) is 32.0 Å². The number of halogens is 2. The molecule has 0 bridgehead atoms. The number of nitrogens with zero attached hydrogens (tertiary/aromatic N) is 2. The molecule has 1 aliphatic heterocycles. The van der Waals surface area contributed by atoms with Crippen molar-refractivity contribution in [3.63, 3.8) is 0 Å². The van der Waals surface area contributed by atoms with Gasteiger partial charge in [-0.15, -0.1) is 0 Å². The fourth-order valence-electron chi connectivity index (χ4n) is 5.10. The first-order valence-corrected chi connectivity index (χ1v) is 15.3. The Morgan fingerprint density at radius 1 is 1.04 bits per heavy atom. The van der Waals surface area contributed by atoms with Gasteiger partial charge in [0.1, 0.15) is 11.4 Å². The molecule has 12 heteroatoms. The van der Waals surface area contributed by atoms with E-state index in [-0.39, 0.29) is 24.2 Å². The monoisotopic (exact) mass is 648 g/mol. The average Bonchev–Trinajstić information content (AvgIpc) is 3.47. The zero-order valence-electron chi connectivity index (χ0n) is 24.7. The molecule has 1 fully saturated rings. The molecule has 10 nitrogen and oxygen atoms in total. The Bertz CT molecular complexity index is 1670. The lowest BCUT2D eigenvalue weighted by Crippen LogP contribution is -2.35. The van der Waals surface area contributed by atoms with Gasteiger partial charge in [0.2, 0.25) is 5.91 Å². The number of rotatable bonds is 13. The highest BCUT2D eigenvalue weighted by Gasteiger charge is 2.21. The van der Waals surface area contributed by atoms with Crippen molar-refractivity contribution in [1.82, 2.24) is 25.9 Å². The average molecular weight is 650 g/mol. The van der Waals surface area contributed by atoms with Crippen LogP contribution in [-0.2, 0) is 17.9 Å². The maximum absolute atomic E-state index is 13.0. The van der Waals surface area contributed by atoms with Crippen LogP contribution < -0.4 is 26.0 Å². The highest BCUT2D eigenvalue weighted by atomic mass is 35.5. The summed E-state index contributed by atoms with van der Waals surface area (Å²) in [6.07, 6.45) is 4.68. The van der Waals surface area contributed by atoms with Crippen LogP contribution in [0.2, 0.25) is 10.0 Å². The third-order valence-electron chi connectivity index (χ3n) is 7.45. The van der Waals surface area contributed by atoms with Gasteiger partial charge >= 0.3 is 0 Å². The molecule has 45 heavy (non-hydrogen) atoms. The highest BCUT2D eigenvalue weighted by molar-refractivity contribution is 6.39. The van der Waals surface area contributed by atoms with Gasteiger partial charge in [0.15, 0.2) is 0 Å². The van der Waals surface area contributed by atoms with Gasteiger partial charge in [-0.3, -0.25) is 19.6 Å². The van der Waals surface area contributed by atoms with Crippen LogP contribution in [0.5, 0.6) is 5.75 Å². The molecule has 2 amide bonds. The number of pyridine rings is 2. The standard InChI is InChI=1S/C33H34Cl2N6O4/c1-45-28-15-21(6-7-22(28)18-37-19-23-8-10-29(43)40-23)32-31(35)25(11-12-38-32)24-3-2-4-26(30(24)34)41-33(44)27-9-5-20(17-39-27)16-36-13-14-42/h2-7,9,11-12,15,17,23,36-37,42H,8,10,13-14,16,18-19H2,1H3,(H,40,43)(H,41,44)/t23-/m0/s1. The summed E-state index contributed by atoms with van der Waals surface area (Å²) < 4.78 is 5.68. The summed E-state index contributed by atoms with van der Waals surface area (Å²) in [5.41, 5.74) is 5.13. The lowest BCUT2D eigenvalue weighted by atomic mass is 10.0. The molecule has 0 unspecified atom stereocenters. The van der Waals surface area contributed by atoms with E-state index in [4.69, 9.17) is 33.0 Å². The van der Waals surface area contributed by atoms with Crippen molar-refractivity contribution in [1.29, 1.82) is 0 Å². The molecular weight excluding hydrogens is 615 g/mol. The fourth-order valence-corrected chi connectivity index (χ4v) is 5.70. The third kappa shape index (κ3) is 7.97. The van der Waals surface area contributed by atoms with Crippen molar-refractivity contribution < 1.29 is 19.4 Å². The highest BCUT2D eigenvalue weighted by Crippen LogP contribution is 2.41. The quantitative estimate of drug-likeness (QED) is 0.130. The van der Waals surface area contributed by atoms with Crippen LogP contribution in [0, 0.1) is 0 Å². The zero-order chi connectivity index (χ0) is 31.8. The Balaban J connectivity index is 1.32. The van der Waals surface area contributed by atoms with Crippen molar-refractivity contribution in [2.24, 2.45) is 0 Å². The van der Waals surface area contributed by atoms with E-state index in [1.807, 2.05) is 24.3 Å². The van der Waals surface area contributed by atoms with Gasteiger partial charge in [0.05, 0.1) is 35.1 Å². The lowest BCUT2D eigenvalue weighted by Gasteiger charge is -2.16. The minimum absolute atomic E-state index is 0.0460. The summed E-state index contributed by atoms with van der Waals surface area (Å²) in [4.78, 5) is 33.3. The van der Waals surface area contributed by atoms with E-state index < -0.39 is 5.91 Å². The number of hydrogen-bond donors (Lipinski definition) is 5. The molecular formula is C33H34Cl2N6O4. The van der Waals surface area contributed by atoms with E-state index in [1.54, 1.807) is 49.8 Å². The normalized spacial score (nSPS) is 14.3. The van der Waals surface area contributed by atoms with Crippen LogP contribution in [0.15, 0.2) is 67.0 Å². The Kier molecular flexibility index (Phi) is 11.0. The Hall–Kier alpha value is -4.06. The van der Waals surface area contributed by atoms with Crippen molar-refractivity contribution in [3.8, 4) is 28.1 Å². The van der Waals surface area contributed by atoms with E-state index in [1.165, 1.54) is 0 Å². The second-order valence-electron chi connectivity index (χ2n) is 10.6. The van der Waals surface area contributed by atoms with Gasteiger partial charge in [-0.2, -0.15) is 0 Å². The van der Waals surface area contributed by atoms with E-state index in [0.29, 0.717) is 70.9 Å². The smallest absolute Gasteiger partial charge is 0.274 e.